The number of carbonyl (C=O) groups is 1. The van der Waals surface area contributed by atoms with Gasteiger partial charge in [0.1, 0.15) is 0 Å². The predicted octanol–water partition coefficient (Wildman–Crippen LogP) is 4.14. The zero-order valence-corrected chi connectivity index (χ0v) is 13.1. The van der Waals surface area contributed by atoms with E-state index >= 15 is 0 Å². The van der Waals surface area contributed by atoms with Crippen molar-refractivity contribution < 1.29 is 9.90 Å². The van der Waals surface area contributed by atoms with Crippen LogP contribution in [0.5, 0.6) is 0 Å². The van der Waals surface area contributed by atoms with Crippen LogP contribution in [0.2, 0.25) is 10.0 Å². The minimum absolute atomic E-state index is 0.0280. The summed E-state index contributed by atoms with van der Waals surface area (Å²) >= 11 is 12.0. The van der Waals surface area contributed by atoms with Gasteiger partial charge in [-0.05, 0) is 42.9 Å². The first-order valence-electron chi connectivity index (χ1n) is 6.85. The standard InChI is InChI=1S/C15H21Cl2NO2/c1-2-10(14(18)9-15(19)20)4-3-5-11-6-7-12(16)8-13(11)17/h6-8,10,14H,2-5,9,18H2,1H3,(H,19,20). The Balaban J connectivity index is 2.46. The number of aryl methyl sites for hydroxylation is 1. The first-order chi connectivity index (χ1) is 9.43. The lowest BCUT2D eigenvalue weighted by atomic mass is 9.89. The largest absolute Gasteiger partial charge is 0.481 e. The van der Waals surface area contributed by atoms with Gasteiger partial charge in [0.25, 0.3) is 0 Å². The van der Waals surface area contributed by atoms with E-state index in [1.54, 1.807) is 6.07 Å². The Labute approximate surface area is 130 Å². The van der Waals surface area contributed by atoms with Gasteiger partial charge in [0.2, 0.25) is 0 Å². The number of carboxylic acid groups (broad SMARTS) is 1. The minimum atomic E-state index is -0.836. The molecule has 0 aliphatic rings. The van der Waals surface area contributed by atoms with E-state index in [-0.39, 0.29) is 18.4 Å². The molecule has 5 heteroatoms. The highest BCUT2D eigenvalue weighted by Gasteiger charge is 2.18. The molecule has 1 rings (SSSR count). The van der Waals surface area contributed by atoms with Crippen molar-refractivity contribution in [2.24, 2.45) is 11.7 Å². The van der Waals surface area contributed by atoms with Gasteiger partial charge in [-0.1, -0.05) is 42.6 Å². The van der Waals surface area contributed by atoms with Crippen molar-refractivity contribution in [3.8, 4) is 0 Å². The molecule has 3 nitrogen and oxygen atoms in total. The molecule has 1 aromatic rings. The fourth-order valence-corrected chi connectivity index (χ4v) is 2.87. The number of hydrogen-bond acceptors (Lipinski definition) is 2. The van der Waals surface area contributed by atoms with Crippen LogP contribution in [-0.2, 0) is 11.2 Å². The number of nitrogens with two attached hydrogens (primary N) is 1. The fraction of sp³-hybridized carbons (Fsp3) is 0.533. The molecular weight excluding hydrogens is 297 g/mol. The quantitative estimate of drug-likeness (QED) is 0.757. The van der Waals surface area contributed by atoms with Crippen LogP contribution in [0.4, 0.5) is 0 Å². The molecule has 0 bridgehead atoms. The maximum atomic E-state index is 10.7. The first kappa shape index (κ1) is 17.3. The molecule has 3 N–H and O–H groups in total. The van der Waals surface area contributed by atoms with Crippen LogP contribution in [0.3, 0.4) is 0 Å². The van der Waals surface area contributed by atoms with Gasteiger partial charge < -0.3 is 10.8 Å². The second-order valence-electron chi connectivity index (χ2n) is 5.06. The Morgan fingerprint density at radius 3 is 2.65 bits per heavy atom. The third-order valence-electron chi connectivity index (χ3n) is 3.58. The maximum Gasteiger partial charge on any atom is 0.304 e. The Bertz CT molecular complexity index is 451. The number of rotatable bonds is 8. The summed E-state index contributed by atoms with van der Waals surface area (Å²) in [5, 5.41) is 10.1. The summed E-state index contributed by atoms with van der Waals surface area (Å²) in [6.07, 6.45) is 3.62. The molecular formula is C15H21Cl2NO2. The van der Waals surface area contributed by atoms with Gasteiger partial charge in [-0.15, -0.1) is 0 Å². The first-order valence-corrected chi connectivity index (χ1v) is 7.61. The Hall–Kier alpha value is -0.770. The molecule has 0 aromatic heterocycles. The molecule has 0 aliphatic carbocycles. The summed E-state index contributed by atoms with van der Waals surface area (Å²) in [6, 6.07) is 5.23. The number of benzene rings is 1. The van der Waals surface area contributed by atoms with Crippen LogP contribution in [0, 0.1) is 5.92 Å². The third-order valence-corrected chi connectivity index (χ3v) is 4.16. The smallest absolute Gasteiger partial charge is 0.304 e. The van der Waals surface area contributed by atoms with E-state index in [2.05, 4.69) is 0 Å². The van der Waals surface area contributed by atoms with Gasteiger partial charge in [-0.3, -0.25) is 4.79 Å². The van der Waals surface area contributed by atoms with Crippen molar-refractivity contribution in [3.63, 3.8) is 0 Å². The highest BCUT2D eigenvalue weighted by molar-refractivity contribution is 6.35. The van der Waals surface area contributed by atoms with Crippen LogP contribution in [0.25, 0.3) is 0 Å². The van der Waals surface area contributed by atoms with Crippen molar-refractivity contribution in [2.75, 3.05) is 0 Å². The summed E-state index contributed by atoms with van der Waals surface area (Å²) in [4.78, 5) is 10.7. The Kier molecular flexibility index (Phi) is 7.35. The predicted molar refractivity (Wildman–Crippen MR) is 83.4 cm³/mol. The van der Waals surface area contributed by atoms with E-state index in [9.17, 15) is 4.79 Å². The Morgan fingerprint density at radius 1 is 1.40 bits per heavy atom. The van der Waals surface area contributed by atoms with E-state index in [1.807, 2.05) is 19.1 Å². The van der Waals surface area contributed by atoms with Crippen LogP contribution < -0.4 is 5.73 Å². The number of carboxylic acids is 1. The van der Waals surface area contributed by atoms with Crippen LogP contribution in [0.15, 0.2) is 18.2 Å². The second-order valence-corrected chi connectivity index (χ2v) is 5.90. The summed E-state index contributed by atoms with van der Waals surface area (Å²) in [5.41, 5.74) is 7.00. The minimum Gasteiger partial charge on any atom is -0.481 e. The van der Waals surface area contributed by atoms with Crippen molar-refractivity contribution >= 4 is 29.2 Å². The molecule has 0 aliphatic heterocycles. The lowest BCUT2D eigenvalue weighted by molar-refractivity contribution is -0.137. The molecule has 20 heavy (non-hydrogen) atoms. The molecule has 0 radical (unpaired) electrons. The average Bonchev–Trinajstić information content (AvgIpc) is 2.35. The summed E-state index contributed by atoms with van der Waals surface area (Å²) in [7, 11) is 0. The summed E-state index contributed by atoms with van der Waals surface area (Å²) in [6.45, 7) is 2.04. The van der Waals surface area contributed by atoms with E-state index in [0.717, 1.165) is 31.2 Å². The van der Waals surface area contributed by atoms with E-state index in [0.29, 0.717) is 10.0 Å². The van der Waals surface area contributed by atoms with Crippen molar-refractivity contribution in [2.45, 2.75) is 45.1 Å². The van der Waals surface area contributed by atoms with Crippen LogP contribution in [-0.4, -0.2) is 17.1 Å². The highest BCUT2D eigenvalue weighted by Crippen LogP contribution is 2.24. The molecule has 0 heterocycles. The SMILES string of the molecule is CCC(CCCc1ccc(Cl)cc1Cl)C(N)CC(=O)O. The normalized spacial score (nSPS) is 14.0. The summed E-state index contributed by atoms with van der Waals surface area (Å²) < 4.78 is 0. The molecule has 0 amide bonds. The molecule has 112 valence electrons. The molecule has 0 saturated carbocycles. The van der Waals surface area contributed by atoms with Crippen molar-refractivity contribution in [1.29, 1.82) is 0 Å². The van der Waals surface area contributed by atoms with Gasteiger partial charge in [0.05, 0.1) is 6.42 Å². The molecule has 1 aromatic carbocycles. The number of halogens is 2. The molecule has 0 fully saturated rings. The van der Waals surface area contributed by atoms with Gasteiger partial charge in [0, 0.05) is 16.1 Å². The molecule has 0 spiro atoms. The zero-order valence-electron chi connectivity index (χ0n) is 11.6. The summed E-state index contributed by atoms with van der Waals surface area (Å²) in [5.74, 6) is -0.603. The lowest BCUT2D eigenvalue weighted by Gasteiger charge is -2.21. The van der Waals surface area contributed by atoms with Crippen molar-refractivity contribution in [1.82, 2.24) is 0 Å². The van der Waals surface area contributed by atoms with Crippen LogP contribution >= 0.6 is 23.2 Å². The lowest BCUT2D eigenvalue weighted by Crippen LogP contribution is -2.32. The van der Waals surface area contributed by atoms with E-state index in [1.165, 1.54) is 0 Å². The van der Waals surface area contributed by atoms with Gasteiger partial charge in [0.15, 0.2) is 0 Å². The van der Waals surface area contributed by atoms with Gasteiger partial charge in [-0.2, -0.15) is 0 Å². The maximum absolute atomic E-state index is 10.7. The van der Waals surface area contributed by atoms with Gasteiger partial charge >= 0.3 is 5.97 Å². The van der Waals surface area contributed by atoms with E-state index < -0.39 is 5.97 Å². The average molecular weight is 318 g/mol. The second kappa shape index (κ2) is 8.50. The molecule has 2 unspecified atom stereocenters. The topological polar surface area (TPSA) is 63.3 Å². The monoisotopic (exact) mass is 317 g/mol. The highest BCUT2D eigenvalue weighted by atomic mass is 35.5. The Morgan fingerprint density at radius 2 is 2.10 bits per heavy atom. The molecule has 0 saturated heterocycles. The molecule has 2 atom stereocenters. The zero-order chi connectivity index (χ0) is 15.1. The van der Waals surface area contributed by atoms with Crippen molar-refractivity contribution in [3.05, 3.63) is 33.8 Å². The van der Waals surface area contributed by atoms with E-state index in [4.69, 9.17) is 34.0 Å². The van der Waals surface area contributed by atoms with Gasteiger partial charge in [-0.25, -0.2) is 0 Å². The number of aliphatic carboxylic acids is 1. The third kappa shape index (κ3) is 5.70. The van der Waals surface area contributed by atoms with Crippen LogP contribution in [0.1, 0.15) is 38.2 Å². The fourth-order valence-electron chi connectivity index (χ4n) is 2.37. The number of hydrogen-bond donors (Lipinski definition) is 2.